The Morgan fingerprint density at radius 3 is 2.71 bits per heavy atom. The molecule has 51 heavy (non-hydrogen) atoms. The number of carbonyl (C=O) groups excluding carboxylic acids is 2. The minimum Gasteiger partial charge on any atom is -0.506 e. The van der Waals surface area contributed by atoms with Crippen molar-refractivity contribution in [2.75, 3.05) is 31.5 Å². The number of phenolic OH excluding ortho intramolecular Hbond substituents is 1. The summed E-state index contributed by atoms with van der Waals surface area (Å²) in [4.78, 5) is 48.7. The fraction of sp³-hybridized carbons (Fsp3) is 0.487. The standard InChI is InChI=1S/C39H47N5O6S/c45-31-12-10-29(30-11-13-35(48)42-36(30)31)32(46)23-40-21-28-22-41-38(51-28)43-34(47)9-5-7-25-6-4-8-27(20-25)39(16-2-1-3-17-39)37(49)50-33-24-44-18-14-26(33)15-19-44/h4,6,8,10-13,20,22,26,32-33,40,45-46H,1-3,5,7,9,14-19,21,23-24H2,(H,42,48)(H,41,43,47)/t32-,33+/m1/s1. The molecule has 4 fully saturated rings. The number of phenols is 1. The number of thiazole rings is 1. The van der Waals surface area contributed by atoms with Gasteiger partial charge in [-0.15, -0.1) is 11.3 Å². The fourth-order valence-electron chi connectivity index (χ4n) is 8.16. The number of piperidine rings is 3. The highest BCUT2D eigenvalue weighted by Crippen LogP contribution is 2.42. The molecule has 1 amide bonds. The lowest BCUT2D eigenvalue weighted by molar-refractivity contribution is -0.167. The molecular weight excluding hydrogens is 667 g/mol. The van der Waals surface area contributed by atoms with Gasteiger partial charge in [-0.1, -0.05) is 49.6 Å². The van der Waals surface area contributed by atoms with Crippen LogP contribution in [0, 0.1) is 5.92 Å². The Balaban J connectivity index is 0.885. The molecule has 1 aliphatic carbocycles. The van der Waals surface area contributed by atoms with Crippen molar-refractivity contribution in [3.05, 3.63) is 86.6 Å². The van der Waals surface area contributed by atoms with E-state index in [9.17, 15) is 24.6 Å². The Labute approximate surface area is 301 Å². The number of nitrogens with one attached hydrogen (secondary N) is 3. The summed E-state index contributed by atoms with van der Waals surface area (Å²) in [6.45, 7) is 3.78. The van der Waals surface area contributed by atoms with Crippen LogP contribution >= 0.6 is 11.3 Å². The maximum Gasteiger partial charge on any atom is 0.316 e. The average Bonchev–Trinajstić information content (AvgIpc) is 3.59. The lowest BCUT2D eigenvalue weighted by Crippen LogP contribution is -2.53. The van der Waals surface area contributed by atoms with E-state index in [-0.39, 0.29) is 35.8 Å². The third-order valence-corrected chi connectivity index (χ3v) is 11.9. The molecular formula is C39H47N5O6S. The molecule has 3 saturated heterocycles. The van der Waals surface area contributed by atoms with Gasteiger partial charge in [0.2, 0.25) is 11.5 Å². The second kappa shape index (κ2) is 15.6. The number of H-pyrrole nitrogens is 1. The summed E-state index contributed by atoms with van der Waals surface area (Å²) in [6.07, 6.45) is 9.67. The molecule has 1 saturated carbocycles. The molecule has 270 valence electrons. The first-order valence-corrected chi connectivity index (χ1v) is 19.1. The second-order valence-corrected chi connectivity index (χ2v) is 15.5. The number of hydrogen-bond donors (Lipinski definition) is 5. The Bertz CT molecular complexity index is 1910. The molecule has 0 unspecified atom stereocenters. The molecule has 2 aromatic carbocycles. The number of pyridine rings is 1. The molecule has 4 aliphatic rings. The summed E-state index contributed by atoms with van der Waals surface area (Å²) in [5, 5.41) is 28.2. The van der Waals surface area contributed by atoms with Gasteiger partial charge in [-0.25, -0.2) is 4.98 Å². The third-order valence-electron chi connectivity index (χ3n) is 11.0. The quantitative estimate of drug-likeness (QED) is 0.116. The first-order chi connectivity index (χ1) is 24.8. The van der Waals surface area contributed by atoms with Crippen molar-refractivity contribution >= 4 is 39.2 Å². The predicted octanol–water partition coefficient (Wildman–Crippen LogP) is 5.31. The number of aromatic hydroxyl groups is 1. The summed E-state index contributed by atoms with van der Waals surface area (Å²) >= 11 is 1.37. The molecule has 8 rings (SSSR count). The summed E-state index contributed by atoms with van der Waals surface area (Å²) in [5.74, 6) is 0.285. The van der Waals surface area contributed by atoms with Gasteiger partial charge in [-0.3, -0.25) is 19.3 Å². The van der Waals surface area contributed by atoms with Crippen molar-refractivity contribution in [3.63, 3.8) is 0 Å². The van der Waals surface area contributed by atoms with Crippen molar-refractivity contribution in [3.8, 4) is 5.75 Å². The van der Waals surface area contributed by atoms with Gasteiger partial charge in [0.05, 0.1) is 17.0 Å². The molecule has 2 atom stereocenters. The smallest absolute Gasteiger partial charge is 0.316 e. The number of fused-ring (bicyclic) bond motifs is 4. The van der Waals surface area contributed by atoms with Crippen LogP contribution in [0.25, 0.3) is 10.9 Å². The van der Waals surface area contributed by atoms with Crippen LogP contribution in [0.5, 0.6) is 5.75 Å². The average molecular weight is 714 g/mol. The zero-order valence-corrected chi connectivity index (χ0v) is 29.7. The molecule has 5 heterocycles. The van der Waals surface area contributed by atoms with Gasteiger partial charge in [-0.05, 0) is 86.4 Å². The van der Waals surface area contributed by atoms with Gasteiger partial charge >= 0.3 is 5.97 Å². The number of aliphatic hydroxyl groups excluding tert-OH is 1. The van der Waals surface area contributed by atoms with E-state index in [1.54, 1.807) is 18.3 Å². The summed E-state index contributed by atoms with van der Waals surface area (Å²) in [5.41, 5.74) is 2.14. The molecule has 5 N–H and O–H groups in total. The number of aromatic amines is 1. The maximum atomic E-state index is 13.9. The van der Waals surface area contributed by atoms with E-state index in [1.165, 1.54) is 23.5 Å². The van der Waals surface area contributed by atoms with Gasteiger partial charge in [0.15, 0.2) is 5.13 Å². The number of nitrogens with zero attached hydrogens (tertiary/aromatic N) is 2. The number of ether oxygens (including phenoxy) is 1. The van der Waals surface area contributed by atoms with Crippen LogP contribution in [0.3, 0.4) is 0 Å². The monoisotopic (exact) mass is 713 g/mol. The predicted molar refractivity (Wildman–Crippen MR) is 197 cm³/mol. The second-order valence-electron chi connectivity index (χ2n) is 14.4. The van der Waals surface area contributed by atoms with Crippen LogP contribution < -0.4 is 16.2 Å². The summed E-state index contributed by atoms with van der Waals surface area (Å²) < 4.78 is 6.33. The number of aryl methyl sites for hydroxylation is 1. The number of amides is 1. The van der Waals surface area contributed by atoms with E-state index < -0.39 is 11.5 Å². The number of carbonyl (C=O) groups is 2. The highest BCUT2D eigenvalue weighted by molar-refractivity contribution is 7.15. The van der Waals surface area contributed by atoms with E-state index in [2.05, 4.69) is 43.7 Å². The number of aliphatic hydroxyl groups is 1. The fourth-order valence-corrected chi connectivity index (χ4v) is 8.96. The molecule has 12 heteroatoms. The van der Waals surface area contributed by atoms with Crippen LogP contribution in [-0.4, -0.2) is 69.2 Å². The number of aromatic nitrogens is 2. The van der Waals surface area contributed by atoms with E-state index >= 15 is 0 Å². The van der Waals surface area contributed by atoms with E-state index in [0.29, 0.717) is 46.9 Å². The van der Waals surface area contributed by atoms with Gasteiger partial charge < -0.3 is 30.6 Å². The highest BCUT2D eigenvalue weighted by Gasteiger charge is 2.46. The number of esters is 1. The zero-order valence-electron chi connectivity index (χ0n) is 28.9. The minimum atomic E-state index is -0.871. The van der Waals surface area contributed by atoms with Gasteiger partial charge in [0, 0.05) is 48.6 Å². The minimum absolute atomic E-state index is 0.00561. The van der Waals surface area contributed by atoms with E-state index in [4.69, 9.17) is 4.74 Å². The Hall–Kier alpha value is -4.10. The molecule has 2 bridgehead atoms. The van der Waals surface area contributed by atoms with Gasteiger partial charge in [-0.2, -0.15) is 0 Å². The molecule has 4 aromatic rings. The molecule has 0 spiro atoms. The Kier molecular flexibility index (Phi) is 10.8. The van der Waals surface area contributed by atoms with Crippen LogP contribution in [0.2, 0.25) is 0 Å². The number of hydrogen-bond acceptors (Lipinski definition) is 10. The lowest BCUT2D eigenvalue weighted by atomic mass is 9.69. The summed E-state index contributed by atoms with van der Waals surface area (Å²) in [7, 11) is 0. The first-order valence-electron chi connectivity index (χ1n) is 18.3. The van der Waals surface area contributed by atoms with Crippen LogP contribution in [0.1, 0.15) is 85.5 Å². The van der Waals surface area contributed by atoms with E-state index in [0.717, 1.165) is 87.0 Å². The van der Waals surface area contributed by atoms with Crippen LogP contribution in [0.4, 0.5) is 5.13 Å². The van der Waals surface area contributed by atoms with Crippen molar-refractivity contribution in [1.82, 2.24) is 20.2 Å². The lowest BCUT2D eigenvalue weighted by Gasteiger charge is -2.45. The number of rotatable bonds is 13. The maximum absolute atomic E-state index is 13.9. The normalized spacial score (nSPS) is 21.7. The van der Waals surface area contributed by atoms with Crippen LogP contribution in [-0.2, 0) is 32.7 Å². The topological polar surface area (TPSA) is 157 Å². The molecule has 2 aromatic heterocycles. The summed E-state index contributed by atoms with van der Waals surface area (Å²) in [6, 6.07) is 14.4. The largest absolute Gasteiger partial charge is 0.506 e. The molecule has 11 nitrogen and oxygen atoms in total. The molecule has 3 aliphatic heterocycles. The zero-order chi connectivity index (χ0) is 35.4. The van der Waals surface area contributed by atoms with Crippen LogP contribution in [0.15, 0.2) is 59.5 Å². The Morgan fingerprint density at radius 1 is 1.10 bits per heavy atom. The first kappa shape index (κ1) is 35.3. The number of benzene rings is 2. The highest BCUT2D eigenvalue weighted by atomic mass is 32.1. The van der Waals surface area contributed by atoms with E-state index in [1.807, 2.05) is 6.07 Å². The SMILES string of the molecule is O=C(CCCc1cccc(C2(C(=O)O[C@H]3CN4CCC3CC4)CCCCC2)c1)Nc1ncc(CNC[C@@H](O)c2ccc(O)c3[nH]c(=O)ccc23)s1. The van der Waals surface area contributed by atoms with Gasteiger partial charge in [0.1, 0.15) is 11.9 Å². The van der Waals surface area contributed by atoms with Gasteiger partial charge in [0.25, 0.3) is 0 Å². The van der Waals surface area contributed by atoms with Crippen molar-refractivity contribution in [1.29, 1.82) is 0 Å². The van der Waals surface area contributed by atoms with Crippen molar-refractivity contribution < 1.29 is 24.5 Å². The number of anilines is 1. The van der Waals surface area contributed by atoms with Crippen molar-refractivity contribution in [2.24, 2.45) is 5.92 Å². The van der Waals surface area contributed by atoms with Crippen molar-refractivity contribution in [2.45, 2.75) is 88.4 Å². The Morgan fingerprint density at radius 2 is 1.92 bits per heavy atom. The third kappa shape index (κ3) is 8.04. The molecule has 0 radical (unpaired) electrons.